The fourth-order valence-electron chi connectivity index (χ4n) is 3.31. The van der Waals surface area contributed by atoms with Crippen molar-refractivity contribution in [2.75, 3.05) is 0 Å². The molecule has 0 rings (SSSR count). The number of unbranched alkanes of at least 4 members (excludes halogenated alkanes) is 1. The molecule has 0 bridgehead atoms. The minimum atomic E-state index is 0.915. The number of hydrogen-bond donors (Lipinski definition) is 0. The van der Waals surface area contributed by atoms with E-state index in [1.165, 1.54) is 51.4 Å². The third-order valence-corrected chi connectivity index (χ3v) is 5.22. The van der Waals surface area contributed by atoms with Gasteiger partial charge in [-0.2, -0.15) is 0 Å². The third-order valence-electron chi connectivity index (χ3n) is 5.22. The van der Waals surface area contributed by atoms with Gasteiger partial charge in [0, 0.05) is 0 Å². The Bertz CT molecular complexity index is 173. The number of rotatable bonds is 11. The van der Waals surface area contributed by atoms with E-state index in [0.29, 0.717) is 0 Å². The minimum Gasteiger partial charge on any atom is -0.0654 e. The molecule has 0 spiro atoms. The quantitative estimate of drug-likeness (QED) is 0.385. The van der Waals surface area contributed by atoms with E-state index in [1.54, 1.807) is 0 Å². The molecule has 0 aliphatic rings. The van der Waals surface area contributed by atoms with Crippen LogP contribution >= 0.6 is 0 Å². The van der Waals surface area contributed by atoms with E-state index < -0.39 is 0 Å². The van der Waals surface area contributed by atoms with Gasteiger partial charge >= 0.3 is 0 Å². The highest BCUT2D eigenvalue weighted by Crippen LogP contribution is 2.31. The Hall–Kier alpha value is 0. The molecule has 18 heavy (non-hydrogen) atoms. The molecule has 0 radical (unpaired) electrons. The van der Waals surface area contributed by atoms with Crippen LogP contribution in [0.4, 0.5) is 0 Å². The first-order valence-corrected chi connectivity index (χ1v) is 8.60. The molecule has 0 aliphatic heterocycles. The fourth-order valence-corrected chi connectivity index (χ4v) is 3.31. The van der Waals surface area contributed by atoms with Gasteiger partial charge in [-0.1, -0.05) is 80.1 Å². The molecule has 0 saturated heterocycles. The molecular weight excluding hydrogens is 216 g/mol. The third kappa shape index (κ3) is 6.81. The highest BCUT2D eigenvalue weighted by Gasteiger charge is 2.19. The van der Waals surface area contributed by atoms with Crippen LogP contribution in [0, 0.1) is 23.7 Å². The zero-order chi connectivity index (χ0) is 14.0. The normalized spacial score (nSPS) is 18.3. The lowest BCUT2D eigenvalue weighted by Crippen LogP contribution is -2.16. The first-order chi connectivity index (χ1) is 8.60. The standard InChI is InChI=1S/C18H38/c1-7-11-12-16(6)18(10-4)14-13-17(9-3)15(5)8-2/h15-18H,7-14H2,1-6H3. The molecule has 110 valence electrons. The van der Waals surface area contributed by atoms with Gasteiger partial charge in [0.2, 0.25) is 0 Å². The van der Waals surface area contributed by atoms with Crippen molar-refractivity contribution in [1.82, 2.24) is 0 Å². The van der Waals surface area contributed by atoms with E-state index in [9.17, 15) is 0 Å². The van der Waals surface area contributed by atoms with E-state index in [0.717, 1.165) is 23.7 Å². The second-order valence-corrected chi connectivity index (χ2v) is 6.42. The largest absolute Gasteiger partial charge is 0.0654 e. The summed E-state index contributed by atoms with van der Waals surface area (Å²) < 4.78 is 0. The topological polar surface area (TPSA) is 0 Å². The van der Waals surface area contributed by atoms with Crippen LogP contribution in [0.3, 0.4) is 0 Å². The second-order valence-electron chi connectivity index (χ2n) is 6.42. The van der Waals surface area contributed by atoms with Crippen LogP contribution < -0.4 is 0 Å². The van der Waals surface area contributed by atoms with Gasteiger partial charge in [0.1, 0.15) is 0 Å². The molecule has 0 heterocycles. The van der Waals surface area contributed by atoms with Crippen molar-refractivity contribution in [1.29, 1.82) is 0 Å². The van der Waals surface area contributed by atoms with Crippen molar-refractivity contribution in [3.63, 3.8) is 0 Å². The Labute approximate surface area is 117 Å². The Morgan fingerprint density at radius 2 is 1.11 bits per heavy atom. The summed E-state index contributed by atoms with van der Waals surface area (Å²) in [5, 5.41) is 0. The van der Waals surface area contributed by atoms with Gasteiger partial charge in [0.15, 0.2) is 0 Å². The van der Waals surface area contributed by atoms with Gasteiger partial charge in [0.25, 0.3) is 0 Å². The zero-order valence-corrected chi connectivity index (χ0v) is 14.0. The monoisotopic (exact) mass is 254 g/mol. The minimum absolute atomic E-state index is 0.915. The smallest absolute Gasteiger partial charge is 0.0391 e. The summed E-state index contributed by atoms with van der Waals surface area (Å²) >= 11 is 0. The first-order valence-electron chi connectivity index (χ1n) is 8.60. The van der Waals surface area contributed by atoms with E-state index in [4.69, 9.17) is 0 Å². The lowest BCUT2D eigenvalue weighted by Gasteiger charge is -2.27. The maximum absolute atomic E-state index is 2.48. The number of hydrogen-bond acceptors (Lipinski definition) is 0. The maximum Gasteiger partial charge on any atom is -0.0391 e. The summed E-state index contributed by atoms with van der Waals surface area (Å²) in [5.74, 6) is 3.78. The SMILES string of the molecule is CCCCC(C)C(CC)CCC(CC)C(C)CC. The Balaban J connectivity index is 4.11. The average molecular weight is 255 g/mol. The summed E-state index contributed by atoms with van der Waals surface area (Å²) in [4.78, 5) is 0. The summed E-state index contributed by atoms with van der Waals surface area (Å²) in [7, 11) is 0. The van der Waals surface area contributed by atoms with Crippen LogP contribution in [0.2, 0.25) is 0 Å². The predicted molar refractivity (Wildman–Crippen MR) is 84.9 cm³/mol. The molecule has 0 fully saturated rings. The molecule has 0 heteroatoms. The average Bonchev–Trinajstić information content (AvgIpc) is 2.40. The van der Waals surface area contributed by atoms with Crippen molar-refractivity contribution in [2.24, 2.45) is 23.7 Å². The molecule has 4 unspecified atom stereocenters. The molecule has 0 N–H and O–H groups in total. The summed E-state index contributed by atoms with van der Waals surface area (Å²) in [6.45, 7) is 14.3. The Morgan fingerprint density at radius 1 is 0.611 bits per heavy atom. The van der Waals surface area contributed by atoms with Crippen LogP contribution in [-0.2, 0) is 0 Å². The molecule has 0 aliphatic carbocycles. The van der Waals surface area contributed by atoms with E-state index >= 15 is 0 Å². The lowest BCUT2D eigenvalue weighted by molar-refractivity contribution is 0.242. The molecule has 0 saturated carbocycles. The van der Waals surface area contributed by atoms with Crippen molar-refractivity contribution in [3.05, 3.63) is 0 Å². The summed E-state index contributed by atoms with van der Waals surface area (Å²) in [6, 6.07) is 0. The molecule has 0 aromatic heterocycles. The Kier molecular flexibility index (Phi) is 10.9. The first kappa shape index (κ1) is 18.0. The molecular formula is C18H38. The Morgan fingerprint density at radius 3 is 1.50 bits per heavy atom. The molecule has 4 atom stereocenters. The van der Waals surface area contributed by atoms with Crippen LogP contribution in [0.1, 0.15) is 92.9 Å². The summed E-state index contributed by atoms with van der Waals surface area (Å²) in [5.41, 5.74) is 0. The van der Waals surface area contributed by atoms with Crippen LogP contribution in [0.5, 0.6) is 0 Å². The van der Waals surface area contributed by atoms with Gasteiger partial charge < -0.3 is 0 Å². The van der Waals surface area contributed by atoms with Gasteiger partial charge in [-0.15, -0.1) is 0 Å². The van der Waals surface area contributed by atoms with Crippen LogP contribution in [0.15, 0.2) is 0 Å². The van der Waals surface area contributed by atoms with Gasteiger partial charge in [-0.25, -0.2) is 0 Å². The van der Waals surface area contributed by atoms with E-state index in [1.807, 2.05) is 0 Å². The van der Waals surface area contributed by atoms with E-state index in [-0.39, 0.29) is 0 Å². The fraction of sp³-hybridized carbons (Fsp3) is 1.00. The molecule has 0 nitrogen and oxygen atoms in total. The van der Waals surface area contributed by atoms with Crippen molar-refractivity contribution < 1.29 is 0 Å². The lowest BCUT2D eigenvalue weighted by atomic mass is 9.79. The zero-order valence-electron chi connectivity index (χ0n) is 14.0. The van der Waals surface area contributed by atoms with Gasteiger partial charge in [-0.05, 0) is 36.5 Å². The summed E-state index contributed by atoms with van der Waals surface area (Å²) in [6.07, 6.45) is 11.2. The predicted octanol–water partition coefficient (Wildman–Crippen LogP) is 6.69. The van der Waals surface area contributed by atoms with Crippen molar-refractivity contribution in [3.8, 4) is 0 Å². The molecule has 0 aromatic rings. The van der Waals surface area contributed by atoms with Gasteiger partial charge in [-0.3, -0.25) is 0 Å². The maximum atomic E-state index is 2.48. The van der Waals surface area contributed by atoms with E-state index in [2.05, 4.69) is 41.5 Å². The molecule has 0 aromatic carbocycles. The van der Waals surface area contributed by atoms with Crippen molar-refractivity contribution >= 4 is 0 Å². The highest BCUT2D eigenvalue weighted by molar-refractivity contribution is 4.70. The molecule has 0 amide bonds. The van der Waals surface area contributed by atoms with Crippen LogP contribution in [0.25, 0.3) is 0 Å². The second kappa shape index (κ2) is 10.9. The van der Waals surface area contributed by atoms with Crippen molar-refractivity contribution in [2.45, 2.75) is 92.9 Å². The van der Waals surface area contributed by atoms with Crippen LogP contribution in [-0.4, -0.2) is 0 Å². The van der Waals surface area contributed by atoms with Gasteiger partial charge in [0.05, 0.1) is 0 Å². The highest BCUT2D eigenvalue weighted by atomic mass is 14.2.